The van der Waals surface area contributed by atoms with Gasteiger partial charge in [-0.3, -0.25) is 0 Å². The van der Waals surface area contributed by atoms with Crippen molar-refractivity contribution in [1.29, 1.82) is 0 Å². The molecule has 0 heterocycles. The van der Waals surface area contributed by atoms with Gasteiger partial charge in [-0.2, -0.15) is 0 Å². The minimum absolute atomic E-state index is 0.568. The fourth-order valence-electron chi connectivity index (χ4n) is 0.944. The molecule has 0 saturated carbocycles. The van der Waals surface area contributed by atoms with Crippen molar-refractivity contribution >= 4 is 8.32 Å². The van der Waals surface area contributed by atoms with Crippen molar-refractivity contribution < 1.29 is 13.9 Å². The first kappa shape index (κ1) is 12.3. The lowest BCUT2D eigenvalue weighted by Gasteiger charge is -2.24. The molecule has 0 aliphatic heterocycles. The van der Waals surface area contributed by atoms with Gasteiger partial charge >= 0.3 is 0 Å². The molecule has 0 aliphatic carbocycles. The van der Waals surface area contributed by atoms with Gasteiger partial charge in [0.05, 0.1) is 12.5 Å². The van der Waals surface area contributed by atoms with Gasteiger partial charge in [0.2, 0.25) is 0 Å². The van der Waals surface area contributed by atoms with E-state index in [0.29, 0.717) is 19.1 Å². The van der Waals surface area contributed by atoms with Crippen LogP contribution in [0.25, 0.3) is 0 Å². The molecule has 3 nitrogen and oxygen atoms in total. The summed E-state index contributed by atoms with van der Waals surface area (Å²) in [4.78, 5) is 0. The second kappa shape index (κ2) is 6.74. The Balaban J connectivity index is 3.97. The van der Waals surface area contributed by atoms with Crippen LogP contribution in [0.5, 0.6) is 0 Å². The van der Waals surface area contributed by atoms with Gasteiger partial charge in [-0.15, -0.1) is 0 Å². The predicted octanol–water partition coefficient (Wildman–Crippen LogP) is 2.00. The van der Waals surface area contributed by atoms with Crippen LogP contribution in [-0.4, -0.2) is 27.4 Å². The van der Waals surface area contributed by atoms with Crippen LogP contribution in [0.2, 0.25) is 6.55 Å². The molecule has 0 fully saturated rings. The maximum atomic E-state index is 5.63. The van der Waals surface area contributed by atoms with E-state index in [-0.39, 0.29) is 0 Å². The molecule has 76 valence electrons. The van der Waals surface area contributed by atoms with Crippen molar-refractivity contribution in [3.8, 4) is 0 Å². The highest BCUT2D eigenvalue weighted by molar-refractivity contribution is 6.72. The normalized spacial score (nSPS) is 10.6. The van der Waals surface area contributed by atoms with E-state index in [1.807, 2.05) is 6.92 Å². The molecule has 0 bridgehead atoms. The highest BCUT2D eigenvalue weighted by Gasteiger charge is 2.30. The zero-order valence-electron chi connectivity index (χ0n) is 8.41. The second-order valence-corrected chi connectivity index (χ2v) is 6.60. The summed E-state index contributed by atoms with van der Waals surface area (Å²) < 4.78 is 15.9. The fraction of sp³-hybridized carbons (Fsp3) is 0.556. The SMILES string of the molecule is C=COC[Si](C)(COC=C)OCC. The van der Waals surface area contributed by atoms with E-state index in [4.69, 9.17) is 13.9 Å². The zero-order valence-corrected chi connectivity index (χ0v) is 9.41. The Bertz CT molecular complexity index is 147. The third kappa shape index (κ3) is 5.49. The predicted molar refractivity (Wildman–Crippen MR) is 55.5 cm³/mol. The average molecular weight is 202 g/mol. The molecular weight excluding hydrogens is 184 g/mol. The highest BCUT2D eigenvalue weighted by atomic mass is 28.4. The maximum absolute atomic E-state index is 5.63. The van der Waals surface area contributed by atoms with Crippen molar-refractivity contribution in [2.24, 2.45) is 0 Å². The molecule has 0 unspecified atom stereocenters. The Morgan fingerprint density at radius 3 is 1.92 bits per heavy atom. The maximum Gasteiger partial charge on any atom is 0.264 e. The lowest BCUT2D eigenvalue weighted by Crippen LogP contribution is -2.45. The van der Waals surface area contributed by atoms with E-state index in [2.05, 4.69) is 19.7 Å². The van der Waals surface area contributed by atoms with Gasteiger partial charge < -0.3 is 13.9 Å². The molecular formula is C9H18O3Si. The molecule has 0 N–H and O–H groups in total. The number of hydrogen-bond acceptors (Lipinski definition) is 3. The van der Waals surface area contributed by atoms with E-state index in [1.165, 1.54) is 12.5 Å². The van der Waals surface area contributed by atoms with Crippen LogP contribution in [-0.2, 0) is 13.9 Å². The molecule has 4 heteroatoms. The van der Waals surface area contributed by atoms with Crippen LogP contribution in [0.1, 0.15) is 6.92 Å². The van der Waals surface area contributed by atoms with Crippen molar-refractivity contribution in [1.82, 2.24) is 0 Å². The van der Waals surface area contributed by atoms with Crippen LogP contribution in [0, 0.1) is 0 Å². The van der Waals surface area contributed by atoms with Crippen LogP contribution < -0.4 is 0 Å². The zero-order chi connectivity index (χ0) is 10.2. The summed E-state index contributed by atoms with van der Waals surface area (Å²) in [5.41, 5.74) is 0. The van der Waals surface area contributed by atoms with Gasteiger partial charge in [0.25, 0.3) is 8.32 Å². The first-order chi connectivity index (χ1) is 6.18. The smallest absolute Gasteiger partial charge is 0.264 e. The van der Waals surface area contributed by atoms with Crippen LogP contribution in [0.3, 0.4) is 0 Å². The quantitative estimate of drug-likeness (QED) is 0.445. The summed E-state index contributed by atoms with van der Waals surface area (Å²) >= 11 is 0. The van der Waals surface area contributed by atoms with E-state index in [0.717, 1.165) is 0 Å². The summed E-state index contributed by atoms with van der Waals surface area (Å²) in [5, 5.41) is 0. The van der Waals surface area contributed by atoms with Gasteiger partial charge in [0, 0.05) is 6.61 Å². The summed E-state index contributed by atoms with van der Waals surface area (Å²) in [5.74, 6) is 0. The third-order valence-corrected chi connectivity index (χ3v) is 4.05. The summed E-state index contributed by atoms with van der Waals surface area (Å²) in [7, 11) is -1.88. The Kier molecular flexibility index (Phi) is 6.35. The standard InChI is InChI=1S/C9H18O3Si/c1-5-10-8-13(4,12-7-3)9-11-6-2/h5-6H,1-2,7-9H2,3-4H3. The molecule has 0 amide bonds. The molecule has 0 aromatic carbocycles. The van der Waals surface area contributed by atoms with Gasteiger partial charge in [0.1, 0.15) is 12.5 Å². The summed E-state index contributed by atoms with van der Waals surface area (Å²) in [6.45, 7) is 11.7. The first-order valence-corrected chi connectivity index (χ1v) is 7.09. The summed E-state index contributed by atoms with van der Waals surface area (Å²) in [6, 6.07) is 0. The largest absolute Gasteiger partial charge is 0.502 e. The van der Waals surface area contributed by atoms with Crippen LogP contribution >= 0.6 is 0 Å². The second-order valence-electron chi connectivity index (χ2n) is 2.84. The van der Waals surface area contributed by atoms with Crippen molar-refractivity contribution in [2.75, 3.05) is 19.1 Å². The first-order valence-electron chi connectivity index (χ1n) is 4.27. The topological polar surface area (TPSA) is 27.7 Å². The lowest BCUT2D eigenvalue weighted by molar-refractivity contribution is 0.210. The van der Waals surface area contributed by atoms with E-state index in [1.54, 1.807) is 0 Å². The van der Waals surface area contributed by atoms with Crippen molar-refractivity contribution in [2.45, 2.75) is 13.5 Å². The van der Waals surface area contributed by atoms with Crippen LogP contribution in [0.4, 0.5) is 0 Å². The highest BCUT2D eigenvalue weighted by Crippen LogP contribution is 2.06. The summed E-state index contributed by atoms with van der Waals surface area (Å²) in [6.07, 6.45) is 3.99. The Morgan fingerprint density at radius 2 is 1.62 bits per heavy atom. The van der Waals surface area contributed by atoms with Crippen molar-refractivity contribution in [3.05, 3.63) is 25.7 Å². The lowest BCUT2D eigenvalue weighted by atomic mass is 10.9. The average Bonchev–Trinajstić information content (AvgIpc) is 2.12. The van der Waals surface area contributed by atoms with Gasteiger partial charge in [-0.1, -0.05) is 13.2 Å². The molecule has 0 aromatic heterocycles. The Labute approximate surface area is 81.1 Å². The number of ether oxygens (including phenoxy) is 2. The Hall–Kier alpha value is -0.743. The van der Waals surface area contributed by atoms with E-state index < -0.39 is 8.32 Å². The molecule has 0 radical (unpaired) electrons. The molecule has 0 atom stereocenters. The molecule has 0 spiro atoms. The molecule has 0 saturated heterocycles. The van der Waals surface area contributed by atoms with Gasteiger partial charge in [-0.25, -0.2) is 0 Å². The Morgan fingerprint density at radius 1 is 1.15 bits per heavy atom. The fourth-order valence-corrected chi connectivity index (χ4v) is 2.83. The number of hydrogen-bond donors (Lipinski definition) is 0. The minimum Gasteiger partial charge on any atom is -0.502 e. The van der Waals surface area contributed by atoms with Crippen LogP contribution in [0.15, 0.2) is 25.7 Å². The molecule has 0 aromatic rings. The molecule has 0 aliphatic rings. The van der Waals surface area contributed by atoms with Gasteiger partial charge in [0.15, 0.2) is 0 Å². The molecule has 13 heavy (non-hydrogen) atoms. The minimum atomic E-state index is -1.88. The monoisotopic (exact) mass is 202 g/mol. The van der Waals surface area contributed by atoms with Gasteiger partial charge in [-0.05, 0) is 13.5 Å². The molecule has 0 rings (SSSR count). The third-order valence-electron chi connectivity index (χ3n) is 1.51. The van der Waals surface area contributed by atoms with Crippen molar-refractivity contribution in [3.63, 3.8) is 0 Å². The van der Waals surface area contributed by atoms with E-state index in [9.17, 15) is 0 Å². The van der Waals surface area contributed by atoms with E-state index >= 15 is 0 Å². The number of rotatable bonds is 8.